The van der Waals surface area contributed by atoms with Crippen LogP contribution in [0.3, 0.4) is 0 Å². The molecule has 0 aliphatic heterocycles. The van der Waals surface area contributed by atoms with E-state index < -0.39 is 28.7 Å². The molecule has 0 bridgehead atoms. The summed E-state index contributed by atoms with van der Waals surface area (Å²) < 4.78 is 28.1. The number of anilines is 2. The zero-order chi connectivity index (χ0) is 29.4. The van der Waals surface area contributed by atoms with Crippen LogP contribution in [0.5, 0.6) is 0 Å². The van der Waals surface area contributed by atoms with Crippen molar-refractivity contribution in [3.05, 3.63) is 130 Å². The van der Waals surface area contributed by atoms with Crippen molar-refractivity contribution < 1.29 is 23.2 Å². The largest absolute Gasteiger partial charge is 0.323 e. The summed E-state index contributed by atoms with van der Waals surface area (Å²) in [4.78, 5) is 39.4. The van der Waals surface area contributed by atoms with E-state index in [1.54, 1.807) is 67.6 Å². The van der Waals surface area contributed by atoms with Crippen molar-refractivity contribution in [2.45, 2.75) is 17.1 Å². The molecular weight excluding hydrogens is 612 g/mol. The van der Waals surface area contributed by atoms with Crippen LogP contribution in [0, 0.1) is 11.6 Å². The third-order valence-corrected chi connectivity index (χ3v) is 7.26. The van der Waals surface area contributed by atoms with Gasteiger partial charge in [0, 0.05) is 20.6 Å². The molecular formula is C31H24BrF2N3O3S. The van der Waals surface area contributed by atoms with Gasteiger partial charge in [-0.05, 0) is 79.2 Å². The van der Waals surface area contributed by atoms with E-state index in [1.807, 2.05) is 0 Å². The molecule has 3 N–H and O–H groups in total. The Balaban J connectivity index is 1.47. The Hall–Kier alpha value is -4.28. The average Bonchev–Trinajstić information content (AvgIpc) is 2.95. The predicted molar refractivity (Wildman–Crippen MR) is 161 cm³/mol. The Morgan fingerprint density at radius 3 is 2.29 bits per heavy atom. The number of carbonyl (C=O) groups excluding carboxylic acids is 3. The smallest absolute Gasteiger partial charge is 0.272 e. The molecule has 0 aliphatic rings. The number of hydrogen-bond acceptors (Lipinski definition) is 4. The lowest BCUT2D eigenvalue weighted by Crippen LogP contribution is -2.30. The number of rotatable bonds is 9. The topological polar surface area (TPSA) is 87.3 Å². The van der Waals surface area contributed by atoms with Gasteiger partial charge in [-0.1, -0.05) is 52.3 Å². The molecule has 0 saturated carbocycles. The first kappa shape index (κ1) is 29.7. The van der Waals surface area contributed by atoms with Crippen LogP contribution in [0.2, 0.25) is 0 Å². The summed E-state index contributed by atoms with van der Waals surface area (Å²) in [5, 5.41) is 7.40. The summed E-state index contributed by atoms with van der Waals surface area (Å²) in [7, 11) is 0. The van der Waals surface area contributed by atoms with Crippen molar-refractivity contribution in [1.29, 1.82) is 0 Å². The number of halogens is 3. The van der Waals surface area contributed by atoms with Gasteiger partial charge >= 0.3 is 0 Å². The number of carbonyl (C=O) groups is 3. The van der Waals surface area contributed by atoms with Gasteiger partial charge in [0.15, 0.2) is 0 Å². The monoisotopic (exact) mass is 635 g/mol. The van der Waals surface area contributed by atoms with E-state index in [2.05, 4.69) is 31.9 Å². The summed E-state index contributed by atoms with van der Waals surface area (Å²) >= 11 is 4.41. The van der Waals surface area contributed by atoms with E-state index in [1.165, 1.54) is 54.2 Å². The minimum atomic E-state index is -0.600. The van der Waals surface area contributed by atoms with Crippen LogP contribution < -0.4 is 16.0 Å². The van der Waals surface area contributed by atoms with Gasteiger partial charge in [-0.25, -0.2) is 8.78 Å². The fraction of sp³-hybridized carbons (Fsp3) is 0.0645. The Bertz CT molecular complexity index is 1600. The SMILES string of the molecule is CC(Sc1cccc(NC(=O)/C(=C/c2ccc(F)cc2)NC(=O)c2ccccc2)c1)C(=O)Nc1ccc(Br)cc1F. The lowest BCUT2D eigenvalue weighted by molar-refractivity contribution is -0.115. The quantitative estimate of drug-likeness (QED) is 0.133. The highest BCUT2D eigenvalue weighted by Gasteiger charge is 2.18. The summed E-state index contributed by atoms with van der Waals surface area (Å²) in [6, 6.07) is 25.1. The first-order chi connectivity index (χ1) is 19.7. The minimum absolute atomic E-state index is 0.0483. The molecule has 0 saturated heterocycles. The molecule has 3 amide bonds. The standard InChI is InChI=1S/C31H24BrF2N3O3S/c1-19(29(38)36-27-15-12-22(32)17-26(27)34)41-25-9-5-8-24(18-25)35-31(40)28(16-20-10-13-23(33)14-11-20)37-30(39)21-6-3-2-4-7-21/h2-19H,1H3,(H,35,40)(H,36,38)(H,37,39)/b28-16-. The van der Waals surface area contributed by atoms with Gasteiger partial charge in [0.2, 0.25) is 5.91 Å². The molecule has 6 nitrogen and oxygen atoms in total. The van der Waals surface area contributed by atoms with Crippen molar-refractivity contribution >= 4 is 62.9 Å². The second-order valence-corrected chi connectivity index (χ2v) is 11.1. The molecule has 208 valence electrons. The highest BCUT2D eigenvalue weighted by atomic mass is 79.9. The highest BCUT2D eigenvalue weighted by molar-refractivity contribution is 9.10. The van der Waals surface area contributed by atoms with Crippen LogP contribution in [0.25, 0.3) is 6.08 Å². The molecule has 10 heteroatoms. The molecule has 4 rings (SSSR count). The van der Waals surface area contributed by atoms with E-state index in [4.69, 9.17) is 0 Å². The second kappa shape index (κ2) is 13.9. The number of nitrogens with one attached hydrogen (secondary N) is 3. The van der Waals surface area contributed by atoms with Crippen molar-refractivity contribution in [2.24, 2.45) is 0 Å². The van der Waals surface area contributed by atoms with Gasteiger partial charge in [0.05, 0.1) is 10.9 Å². The maximum absolute atomic E-state index is 14.1. The molecule has 0 spiro atoms. The van der Waals surface area contributed by atoms with E-state index in [9.17, 15) is 23.2 Å². The number of hydrogen-bond donors (Lipinski definition) is 3. The highest BCUT2D eigenvalue weighted by Crippen LogP contribution is 2.28. The van der Waals surface area contributed by atoms with E-state index in [0.717, 1.165) is 0 Å². The van der Waals surface area contributed by atoms with Crippen molar-refractivity contribution in [3.63, 3.8) is 0 Å². The summed E-state index contributed by atoms with van der Waals surface area (Å²) in [6.45, 7) is 1.69. The molecule has 0 aromatic heterocycles. The maximum atomic E-state index is 14.1. The van der Waals surface area contributed by atoms with Crippen LogP contribution >= 0.6 is 27.7 Å². The first-order valence-corrected chi connectivity index (χ1v) is 14.0. The van der Waals surface area contributed by atoms with Crippen LogP contribution in [0.1, 0.15) is 22.8 Å². The fourth-order valence-electron chi connectivity index (χ4n) is 3.60. The third-order valence-electron chi connectivity index (χ3n) is 5.67. The van der Waals surface area contributed by atoms with E-state index >= 15 is 0 Å². The Morgan fingerprint density at radius 1 is 0.854 bits per heavy atom. The molecule has 41 heavy (non-hydrogen) atoms. The Kier molecular flexibility index (Phi) is 10.0. The van der Waals surface area contributed by atoms with Crippen LogP contribution in [-0.2, 0) is 9.59 Å². The third kappa shape index (κ3) is 8.60. The van der Waals surface area contributed by atoms with Gasteiger partial charge in [-0.3, -0.25) is 14.4 Å². The molecule has 0 heterocycles. The molecule has 0 aliphatic carbocycles. The number of amides is 3. The van der Waals surface area contributed by atoms with Gasteiger partial charge in [-0.2, -0.15) is 0 Å². The molecule has 1 atom stereocenters. The number of benzene rings is 4. The minimum Gasteiger partial charge on any atom is -0.323 e. The van der Waals surface area contributed by atoms with Gasteiger partial charge in [0.25, 0.3) is 11.8 Å². The van der Waals surface area contributed by atoms with Gasteiger partial charge in [0.1, 0.15) is 17.3 Å². The Labute approximate surface area is 248 Å². The molecule has 0 radical (unpaired) electrons. The van der Waals surface area contributed by atoms with Crippen molar-refractivity contribution in [1.82, 2.24) is 5.32 Å². The number of thioether (sulfide) groups is 1. The van der Waals surface area contributed by atoms with Crippen molar-refractivity contribution in [3.8, 4) is 0 Å². The summed E-state index contributed by atoms with van der Waals surface area (Å²) in [5.41, 5.74) is 1.32. The van der Waals surface area contributed by atoms with Crippen LogP contribution in [0.15, 0.2) is 112 Å². The van der Waals surface area contributed by atoms with Crippen molar-refractivity contribution in [2.75, 3.05) is 10.6 Å². The zero-order valence-corrected chi connectivity index (χ0v) is 24.1. The van der Waals surface area contributed by atoms with Crippen LogP contribution in [-0.4, -0.2) is 23.0 Å². The molecule has 4 aromatic rings. The molecule has 1 unspecified atom stereocenters. The predicted octanol–water partition coefficient (Wildman–Crippen LogP) is 7.26. The normalized spacial score (nSPS) is 11.9. The summed E-state index contributed by atoms with van der Waals surface area (Å²) in [6.07, 6.45) is 1.45. The molecule has 0 fully saturated rings. The first-order valence-electron chi connectivity index (χ1n) is 12.4. The average molecular weight is 637 g/mol. The van der Waals surface area contributed by atoms with Gasteiger partial charge in [-0.15, -0.1) is 11.8 Å². The lowest BCUT2D eigenvalue weighted by Gasteiger charge is -2.14. The Morgan fingerprint density at radius 2 is 1.59 bits per heavy atom. The maximum Gasteiger partial charge on any atom is 0.272 e. The van der Waals surface area contributed by atoms with Crippen LogP contribution in [0.4, 0.5) is 20.2 Å². The lowest BCUT2D eigenvalue weighted by atomic mass is 10.1. The van der Waals surface area contributed by atoms with E-state index in [0.29, 0.717) is 26.2 Å². The zero-order valence-electron chi connectivity index (χ0n) is 21.7. The summed E-state index contributed by atoms with van der Waals surface area (Å²) in [5.74, 6) is -2.46. The van der Waals surface area contributed by atoms with Gasteiger partial charge < -0.3 is 16.0 Å². The molecule has 4 aromatic carbocycles. The fourth-order valence-corrected chi connectivity index (χ4v) is 4.86. The van der Waals surface area contributed by atoms with E-state index in [-0.39, 0.29) is 17.3 Å². The second-order valence-electron chi connectivity index (χ2n) is 8.79.